The average Bonchev–Trinajstić information content (AvgIpc) is 3.03. The van der Waals surface area contributed by atoms with E-state index in [4.69, 9.17) is 13.9 Å². The normalized spacial score (nSPS) is 25.7. The van der Waals surface area contributed by atoms with Crippen LogP contribution < -0.4 is 0 Å². The first kappa shape index (κ1) is 19.4. The molecule has 146 valence electrons. The number of aryl methyl sites for hydroxylation is 1. The lowest BCUT2D eigenvalue weighted by atomic mass is 10.1. The number of likely N-dealkylation sites (tertiary alicyclic amines) is 1. The molecule has 2 saturated heterocycles. The van der Waals surface area contributed by atoms with Crippen molar-refractivity contribution in [2.45, 2.75) is 83.5 Å². The molecular formula is C21H33NO4. The third kappa shape index (κ3) is 4.89. The van der Waals surface area contributed by atoms with Gasteiger partial charge in [-0.05, 0) is 51.2 Å². The standard InChI is InChI=1S/C21H33NO4/c1-3-17-11-12-20(26-17)19-10-5-4-7-13-22(19)21(23)16(2)25-15-18-9-6-8-14-24-18/h11-12,16,18-19H,3-10,13-15H2,1-2H3. The maximum Gasteiger partial charge on any atom is 0.252 e. The number of furan rings is 1. The number of ether oxygens (including phenoxy) is 2. The summed E-state index contributed by atoms with van der Waals surface area (Å²) in [5.41, 5.74) is 0. The Kier molecular flexibility index (Phi) is 7.15. The number of hydrogen-bond acceptors (Lipinski definition) is 4. The molecule has 0 aliphatic carbocycles. The minimum Gasteiger partial charge on any atom is -0.464 e. The van der Waals surface area contributed by atoms with Crippen LogP contribution in [0.5, 0.6) is 0 Å². The molecule has 1 aromatic rings. The second kappa shape index (κ2) is 9.56. The Bertz CT molecular complexity index is 564. The van der Waals surface area contributed by atoms with Crippen LogP contribution >= 0.6 is 0 Å². The third-order valence-electron chi connectivity index (χ3n) is 5.55. The fraction of sp³-hybridized carbons (Fsp3) is 0.762. The smallest absolute Gasteiger partial charge is 0.252 e. The molecule has 2 aliphatic heterocycles. The van der Waals surface area contributed by atoms with Crippen molar-refractivity contribution < 1.29 is 18.7 Å². The second-order valence-corrected chi connectivity index (χ2v) is 7.52. The minimum absolute atomic E-state index is 0.0299. The van der Waals surface area contributed by atoms with Crippen molar-refractivity contribution in [2.24, 2.45) is 0 Å². The highest BCUT2D eigenvalue weighted by atomic mass is 16.5. The molecule has 26 heavy (non-hydrogen) atoms. The first-order valence-electron chi connectivity index (χ1n) is 10.3. The molecule has 3 rings (SSSR count). The molecule has 0 spiro atoms. The van der Waals surface area contributed by atoms with E-state index in [0.29, 0.717) is 6.61 Å². The van der Waals surface area contributed by atoms with Gasteiger partial charge in [-0.15, -0.1) is 0 Å². The monoisotopic (exact) mass is 363 g/mol. The molecule has 5 nitrogen and oxygen atoms in total. The Hall–Kier alpha value is -1.33. The van der Waals surface area contributed by atoms with E-state index in [1.54, 1.807) is 0 Å². The largest absolute Gasteiger partial charge is 0.464 e. The van der Waals surface area contributed by atoms with Crippen molar-refractivity contribution >= 4 is 5.91 Å². The first-order chi connectivity index (χ1) is 12.7. The maximum atomic E-state index is 13.1. The van der Waals surface area contributed by atoms with Crippen LogP contribution in [0.4, 0.5) is 0 Å². The lowest BCUT2D eigenvalue weighted by Gasteiger charge is -2.31. The molecule has 3 unspecified atom stereocenters. The van der Waals surface area contributed by atoms with Crippen LogP contribution in [0.3, 0.4) is 0 Å². The van der Waals surface area contributed by atoms with Gasteiger partial charge in [-0.3, -0.25) is 4.79 Å². The molecule has 1 aromatic heterocycles. The summed E-state index contributed by atoms with van der Waals surface area (Å²) in [4.78, 5) is 15.1. The van der Waals surface area contributed by atoms with Crippen LogP contribution in [0.25, 0.3) is 0 Å². The van der Waals surface area contributed by atoms with E-state index in [1.165, 1.54) is 6.42 Å². The summed E-state index contributed by atoms with van der Waals surface area (Å²) in [5.74, 6) is 1.97. The molecular weight excluding hydrogens is 330 g/mol. The summed E-state index contributed by atoms with van der Waals surface area (Å²) in [6.45, 7) is 6.04. The van der Waals surface area contributed by atoms with E-state index < -0.39 is 6.10 Å². The molecule has 0 radical (unpaired) electrons. The van der Waals surface area contributed by atoms with Gasteiger partial charge in [0, 0.05) is 19.6 Å². The van der Waals surface area contributed by atoms with Gasteiger partial charge in [-0.1, -0.05) is 19.8 Å². The van der Waals surface area contributed by atoms with Crippen molar-refractivity contribution in [3.8, 4) is 0 Å². The maximum absolute atomic E-state index is 13.1. The van der Waals surface area contributed by atoms with Crippen LogP contribution in [0, 0.1) is 0 Å². The van der Waals surface area contributed by atoms with E-state index in [0.717, 1.165) is 69.6 Å². The van der Waals surface area contributed by atoms with Gasteiger partial charge >= 0.3 is 0 Å². The summed E-state index contributed by atoms with van der Waals surface area (Å²) in [7, 11) is 0. The van der Waals surface area contributed by atoms with Crippen LogP contribution in [0.2, 0.25) is 0 Å². The van der Waals surface area contributed by atoms with E-state index >= 15 is 0 Å². The number of carbonyl (C=O) groups is 1. The average molecular weight is 363 g/mol. The molecule has 3 heterocycles. The molecule has 2 fully saturated rings. The van der Waals surface area contributed by atoms with Gasteiger partial charge in [0.15, 0.2) is 0 Å². The highest BCUT2D eigenvalue weighted by molar-refractivity contribution is 5.81. The summed E-state index contributed by atoms with van der Waals surface area (Å²) in [6, 6.07) is 4.10. The zero-order valence-electron chi connectivity index (χ0n) is 16.2. The predicted octanol–water partition coefficient (Wildman–Crippen LogP) is 4.26. The van der Waals surface area contributed by atoms with E-state index in [2.05, 4.69) is 6.92 Å². The Morgan fingerprint density at radius 2 is 2.08 bits per heavy atom. The molecule has 5 heteroatoms. The predicted molar refractivity (Wildman–Crippen MR) is 100 cm³/mol. The van der Waals surface area contributed by atoms with Gasteiger partial charge in [0.1, 0.15) is 17.6 Å². The number of carbonyl (C=O) groups excluding carboxylic acids is 1. The number of hydrogen-bond donors (Lipinski definition) is 0. The molecule has 0 aromatic carbocycles. The third-order valence-corrected chi connectivity index (χ3v) is 5.55. The topological polar surface area (TPSA) is 51.9 Å². The number of amides is 1. The molecule has 0 N–H and O–H groups in total. The van der Waals surface area contributed by atoms with Crippen molar-refractivity contribution in [3.63, 3.8) is 0 Å². The summed E-state index contributed by atoms with van der Waals surface area (Å²) < 4.78 is 17.6. The van der Waals surface area contributed by atoms with Crippen LogP contribution in [-0.2, 0) is 20.7 Å². The molecule has 2 aliphatic rings. The fourth-order valence-corrected chi connectivity index (χ4v) is 3.93. The minimum atomic E-state index is -0.443. The van der Waals surface area contributed by atoms with E-state index in [9.17, 15) is 4.79 Å². The summed E-state index contributed by atoms with van der Waals surface area (Å²) in [6.07, 6.45) is 8.20. The zero-order valence-corrected chi connectivity index (χ0v) is 16.2. The van der Waals surface area contributed by atoms with Crippen molar-refractivity contribution in [1.29, 1.82) is 0 Å². The molecule has 0 saturated carbocycles. The zero-order chi connectivity index (χ0) is 18.4. The second-order valence-electron chi connectivity index (χ2n) is 7.52. The lowest BCUT2D eigenvalue weighted by molar-refractivity contribution is -0.149. The quantitative estimate of drug-likeness (QED) is 0.758. The Labute approximate surface area is 157 Å². The Morgan fingerprint density at radius 1 is 1.23 bits per heavy atom. The van der Waals surface area contributed by atoms with Crippen LogP contribution in [0.15, 0.2) is 16.5 Å². The van der Waals surface area contributed by atoms with Gasteiger partial charge in [0.25, 0.3) is 5.91 Å². The highest BCUT2D eigenvalue weighted by Gasteiger charge is 2.32. The van der Waals surface area contributed by atoms with E-state index in [1.807, 2.05) is 24.0 Å². The van der Waals surface area contributed by atoms with Crippen LogP contribution in [-0.4, -0.2) is 42.8 Å². The van der Waals surface area contributed by atoms with E-state index in [-0.39, 0.29) is 18.1 Å². The number of nitrogens with zero attached hydrogens (tertiary/aromatic N) is 1. The van der Waals surface area contributed by atoms with Crippen molar-refractivity contribution in [2.75, 3.05) is 19.8 Å². The van der Waals surface area contributed by atoms with Gasteiger partial charge < -0.3 is 18.8 Å². The molecule has 1 amide bonds. The Balaban J connectivity index is 1.63. The highest BCUT2D eigenvalue weighted by Crippen LogP contribution is 2.32. The fourth-order valence-electron chi connectivity index (χ4n) is 3.93. The van der Waals surface area contributed by atoms with Gasteiger partial charge in [0.05, 0.1) is 18.8 Å². The molecule has 3 atom stereocenters. The van der Waals surface area contributed by atoms with Crippen molar-refractivity contribution in [1.82, 2.24) is 4.90 Å². The van der Waals surface area contributed by atoms with Gasteiger partial charge in [-0.2, -0.15) is 0 Å². The SMILES string of the molecule is CCc1ccc(C2CCCCCN2C(=O)C(C)OCC2CCCCO2)o1. The van der Waals surface area contributed by atoms with Crippen LogP contribution in [0.1, 0.15) is 76.4 Å². The Morgan fingerprint density at radius 3 is 2.81 bits per heavy atom. The van der Waals surface area contributed by atoms with Gasteiger partial charge in [0.2, 0.25) is 0 Å². The summed E-state index contributed by atoms with van der Waals surface area (Å²) >= 11 is 0. The summed E-state index contributed by atoms with van der Waals surface area (Å²) in [5, 5.41) is 0. The first-order valence-corrected chi connectivity index (χ1v) is 10.3. The molecule has 0 bridgehead atoms. The van der Waals surface area contributed by atoms with Gasteiger partial charge in [-0.25, -0.2) is 0 Å². The lowest BCUT2D eigenvalue weighted by Crippen LogP contribution is -2.42. The van der Waals surface area contributed by atoms with Crippen molar-refractivity contribution in [3.05, 3.63) is 23.7 Å². The number of rotatable bonds is 6.